The zero-order chi connectivity index (χ0) is 22.8. The normalized spacial score (nSPS) is 11.7. The molecule has 0 saturated heterocycles. The van der Waals surface area contributed by atoms with Gasteiger partial charge in [0.15, 0.2) is 0 Å². The molecule has 0 aliphatic heterocycles. The minimum absolute atomic E-state index is 0.180. The molecular formula is C24H29N5O3. The molecule has 0 saturated carbocycles. The average molecular weight is 436 g/mol. The van der Waals surface area contributed by atoms with Crippen molar-refractivity contribution in [1.29, 1.82) is 0 Å². The van der Waals surface area contributed by atoms with Crippen LogP contribution in [0, 0.1) is 0 Å². The highest BCUT2D eigenvalue weighted by molar-refractivity contribution is 5.84. The van der Waals surface area contributed by atoms with Crippen LogP contribution in [-0.4, -0.2) is 59.9 Å². The third-order valence-electron chi connectivity index (χ3n) is 4.85. The highest BCUT2D eigenvalue weighted by Crippen LogP contribution is 2.24. The zero-order valence-corrected chi connectivity index (χ0v) is 18.4. The van der Waals surface area contributed by atoms with Crippen LogP contribution in [0.25, 0.3) is 0 Å². The van der Waals surface area contributed by atoms with Gasteiger partial charge in [-0.2, -0.15) is 0 Å². The van der Waals surface area contributed by atoms with Crippen molar-refractivity contribution in [3.63, 3.8) is 0 Å². The summed E-state index contributed by atoms with van der Waals surface area (Å²) in [6.07, 6.45) is 2.75. The Bertz CT molecular complexity index is 952. The van der Waals surface area contributed by atoms with E-state index in [-0.39, 0.29) is 12.6 Å². The molecule has 32 heavy (non-hydrogen) atoms. The van der Waals surface area contributed by atoms with Gasteiger partial charge in [-0.3, -0.25) is 4.90 Å². The van der Waals surface area contributed by atoms with E-state index in [2.05, 4.69) is 20.2 Å². The standard InChI is InChI=1S/C24H29N5O3/c1-28(2)15-6-16-32-21-11-9-20(10-12-21)27-22(19-7-4-3-5-8-19)17-29(24(30)31)23-13-14-25-18-26-23/h3-5,7-14,18,22,27H,6,15-17H2,1-2H3,(H,30,31). The van der Waals surface area contributed by atoms with Gasteiger partial charge in [0.1, 0.15) is 17.9 Å². The van der Waals surface area contributed by atoms with E-state index in [9.17, 15) is 9.90 Å². The lowest BCUT2D eigenvalue weighted by molar-refractivity contribution is 0.201. The minimum atomic E-state index is -1.08. The Hall–Kier alpha value is -3.65. The molecule has 0 aliphatic rings. The van der Waals surface area contributed by atoms with Crippen LogP contribution in [-0.2, 0) is 0 Å². The van der Waals surface area contributed by atoms with Gasteiger partial charge in [0.2, 0.25) is 0 Å². The molecule has 0 spiro atoms. The van der Waals surface area contributed by atoms with Gasteiger partial charge < -0.3 is 20.1 Å². The molecule has 0 radical (unpaired) electrons. The molecule has 2 aromatic carbocycles. The summed E-state index contributed by atoms with van der Waals surface area (Å²) in [5.74, 6) is 1.13. The first kappa shape index (κ1) is 23.0. The summed E-state index contributed by atoms with van der Waals surface area (Å²) in [5, 5.41) is 13.2. The number of benzene rings is 2. The number of hydrogen-bond acceptors (Lipinski definition) is 6. The number of rotatable bonds is 11. The second kappa shape index (κ2) is 11.7. The molecule has 1 amide bonds. The Balaban J connectivity index is 1.72. The molecule has 8 heteroatoms. The van der Waals surface area contributed by atoms with Gasteiger partial charge in [-0.25, -0.2) is 14.8 Å². The molecule has 1 unspecified atom stereocenters. The lowest BCUT2D eigenvalue weighted by atomic mass is 10.1. The largest absolute Gasteiger partial charge is 0.494 e. The molecule has 168 valence electrons. The number of aromatic nitrogens is 2. The second-order valence-corrected chi connectivity index (χ2v) is 7.60. The summed E-state index contributed by atoms with van der Waals surface area (Å²) in [6, 6.07) is 18.8. The smallest absolute Gasteiger partial charge is 0.413 e. The highest BCUT2D eigenvalue weighted by Gasteiger charge is 2.22. The van der Waals surface area contributed by atoms with Crippen LogP contribution in [0.15, 0.2) is 73.2 Å². The van der Waals surface area contributed by atoms with Crippen molar-refractivity contribution in [3.05, 3.63) is 78.8 Å². The molecule has 0 bridgehead atoms. The summed E-state index contributed by atoms with van der Waals surface area (Å²) >= 11 is 0. The SMILES string of the molecule is CN(C)CCCOc1ccc(NC(CN(C(=O)O)c2ccncn2)c2ccccc2)cc1. The number of ether oxygens (including phenoxy) is 1. The molecule has 0 aliphatic carbocycles. The number of nitrogens with zero attached hydrogens (tertiary/aromatic N) is 4. The van der Waals surface area contributed by atoms with Crippen molar-refractivity contribution < 1.29 is 14.6 Å². The van der Waals surface area contributed by atoms with Crippen molar-refractivity contribution in [2.75, 3.05) is 44.0 Å². The quantitative estimate of drug-likeness (QED) is 0.437. The second-order valence-electron chi connectivity index (χ2n) is 7.60. The van der Waals surface area contributed by atoms with Crippen LogP contribution in [0.1, 0.15) is 18.0 Å². The van der Waals surface area contributed by atoms with Gasteiger partial charge in [-0.15, -0.1) is 0 Å². The highest BCUT2D eigenvalue weighted by atomic mass is 16.5. The van der Waals surface area contributed by atoms with Crippen LogP contribution in [0.2, 0.25) is 0 Å². The lowest BCUT2D eigenvalue weighted by Gasteiger charge is -2.26. The lowest BCUT2D eigenvalue weighted by Crippen LogP contribution is -2.36. The summed E-state index contributed by atoms with van der Waals surface area (Å²) in [7, 11) is 4.08. The molecule has 8 nitrogen and oxygen atoms in total. The van der Waals surface area contributed by atoms with E-state index in [0.29, 0.717) is 12.4 Å². The fourth-order valence-corrected chi connectivity index (χ4v) is 3.23. The Labute approximate surface area is 188 Å². The summed E-state index contributed by atoms with van der Waals surface area (Å²) < 4.78 is 5.80. The third kappa shape index (κ3) is 6.95. The monoisotopic (exact) mass is 435 g/mol. The molecular weight excluding hydrogens is 406 g/mol. The Morgan fingerprint density at radius 2 is 1.84 bits per heavy atom. The number of anilines is 2. The van der Waals surface area contributed by atoms with Crippen molar-refractivity contribution in [2.45, 2.75) is 12.5 Å². The van der Waals surface area contributed by atoms with Crippen LogP contribution in [0.4, 0.5) is 16.3 Å². The summed E-state index contributed by atoms with van der Waals surface area (Å²) in [5.41, 5.74) is 1.84. The molecule has 3 aromatic rings. The predicted octanol–water partition coefficient (Wildman–Crippen LogP) is 4.14. The van der Waals surface area contributed by atoms with E-state index < -0.39 is 6.09 Å². The van der Waals surface area contributed by atoms with Crippen LogP contribution >= 0.6 is 0 Å². The van der Waals surface area contributed by atoms with E-state index in [1.165, 1.54) is 17.4 Å². The average Bonchev–Trinajstić information content (AvgIpc) is 2.81. The molecule has 1 aromatic heterocycles. The third-order valence-corrected chi connectivity index (χ3v) is 4.85. The first-order chi connectivity index (χ1) is 15.5. The summed E-state index contributed by atoms with van der Waals surface area (Å²) in [4.78, 5) is 23.3. The van der Waals surface area contributed by atoms with Gasteiger partial charge in [0, 0.05) is 18.4 Å². The van der Waals surface area contributed by atoms with Gasteiger partial charge >= 0.3 is 6.09 Å². The van der Waals surface area contributed by atoms with Crippen LogP contribution in [0.3, 0.4) is 0 Å². The number of nitrogens with one attached hydrogen (secondary N) is 1. The molecule has 2 N–H and O–H groups in total. The van der Waals surface area contributed by atoms with Gasteiger partial charge in [-0.05, 0) is 56.4 Å². The van der Waals surface area contributed by atoms with E-state index in [4.69, 9.17) is 4.74 Å². The number of hydrogen-bond donors (Lipinski definition) is 2. The van der Waals surface area contributed by atoms with Crippen LogP contribution in [0.5, 0.6) is 5.75 Å². The number of carbonyl (C=O) groups is 1. The maximum absolute atomic E-state index is 11.9. The van der Waals surface area contributed by atoms with Gasteiger partial charge in [0.25, 0.3) is 0 Å². The van der Waals surface area contributed by atoms with Crippen molar-refractivity contribution in [2.24, 2.45) is 0 Å². The van der Waals surface area contributed by atoms with E-state index in [1.807, 2.05) is 68.7 Å². The Kier molecular flexibility index (Phi) is 8.39. The summed E-state index contributed by atoms with van der Waals surface area (Å²) in [6.45, 7) is 1.81. The van der Waals surface area contributed by atoms with Crippen molar-refractivity contribution in [1.82, 2.24) is 14.9 Å². The maximum atomic E-state index is 11.9. The maximum Gasteiger partial charge on any atom is 0.413 e. The van der Waals surface area contributed by atoms with E-state index in [1.54, 1.807) is 6.07 Å². The zero-order valence-electron chi connectivity index (χ0n) is 18.4. The molecule has 1 atom stereocenters. The van der Waals surface area contributed by atoms with Crippen molar-refractivity contribution in [3.8, 4) is 5.75 Å². The first-order valence-electron chi connectivity index (χ1n) is 10.5. The number of amides is 1. The fourth-order valence-electron chi connectivity index (χ4n) is 3.23. The topological polar surface area (TPSA) is 90.8 Å². The molecule has 0 fully saturated rings. The Morgan fingerprint density at radius 1 is 1.09 bits per heavy atom. The number of carboxylic acid groups (broad SMARTS) is 1. The molecule has 3 rings (SSSR count). The Morgan fingerprint density at radius 3 is 2.47 bits per heavy atom. The predicted molar refractivity (Wildman–Crippen MR) is 125 cm³/mol. The minimum Gasteiger partial charge on any atom is -0.494 e. The van der Waals surface area contributed by atoms with E-state index in [0.717, 1.165) is 30.0 Å². The fraction of sp³-hybridized carbons (Fsp3) is 0.292. The van der Waals surface area contributed by atoms with E-state index >= 15 is 0 Å². The first-order valence-corrected chi connectivity index (χ1v) is 10.5. The van der Waals surface area contributed by atoms with Crippen LogP contribution < -0.4 is 15.0 Å². The van der Waals surface area contributed by atoms with Gasteiger partial charge in [0.05, 0.1) is 19.2 Å². The van der Waals surface area contributed by atoms with Gasteiger partial charge in [-0.1, -0.05) is 30.3 Å². The molecule has 1 heterocycles. The van der Waals surface area contributed by atoms with Crippen molar-refractivity contribution >= 4 is 17.6 Å².